The molecule has 2 aliphatic heterocycles. The van der Waals surface area contributed by atoms with E-state index in [9.17, 15) is 0 Å². The maximum Gasteiger partial charge on any atom is 0.187 e. The van der Waals surface area contributed by atoms with Gasteiger partial charge in [0.05, 0.1) is 29.3 Å². The molecular formula is C49H34N6S. The van der Waals surface area contributed by atoms with Crippen LogP contribution in [0.5, 0.6) is 0 Å². The van der Waals surface area contributed by atoms with Crippen molar-refractivity contribution in [3.8, 4) is 34.2 Å². The molecule has 0 fully saturated rings. The van der Waals surface area contributed by atoms with Crippen molar-refractivity contribution in [2.24, 2.45) is 0 Å². The topological polar surface area (TPSA) is 49.5 Å². The fourth-order valence-corrected chi connectivity index (χ4v) is 8.96. The molecule has 0 saturated carbocycles. The Bertz CT molecular complexity index is 2730. The molecule has 266 valence electrons. The van der Waals surface area contributed by atoms with Crippen LogP contribution in [0.25, 0.3) is 39.0 Å². The van der Waals surface area contributed by atoms with Crippen LogP contribution in [0.4, 0.5) is 39.8 Å². The highest BCUT2D eigenvalue weighted by atomic mass is 32.2. The van der Waals surface area contributed by atoms with E-state index in [1.54, 1.807) is 23.9 Å². The number of hydrogen-bond donors (Lipinski definition) is 0. The molecule has 0 bridgehead atoms. The number of aromatic nitrogens is 3. The highest BCUT2D eigenvalue weighted by molar-refractivity contribution is 7.99. The summed E-state index contributed by atoms with van der Waals surface area (Å²) in [7, 11) is 0. The summed E-state index contributed by atoms with van der Waals surface area (Å²) >= 11 is 1.80. The minimum atomic E-state index is -0.131. The van der Waals surface area contributed by atoms with E-state index in [1.165, 1.54) is 32.3 Å². The quantitative estimate of drug-likeness (QED) is 0.164. The minimum Gasteiger partial charge on any atom is -0.310 e. The lowest BCUT2D eigenvalue weighted by atomic mass is 9.73. The van der Waals surface area contributed by atoms with Crippen molar-refractivity contribution in [1.82, 2.24) is 15.0 Å². The van der Waals surface area contributed by atoms with Gasteiger partial charge in [-0.1, -0.05) is 111 Å². The van der Waals surface area contributed by atoms with Crippen LogP contribution in [0.2, 0.25) is 0 Å². The zero-order valence-electron chi connectivity index (χ0n) is 30.8. The molecule has 8 aromatic rings. The Hall–Kier alpha value is -7.01. The number of rotatable bonds is 5. The molecule has 1 aromatic heterocycles. The van der Waals surface area contributed by atoms with Crippen LogP contribution in [0.15, 0.2) is 180 Å². The Balaban J connectivity index is 1.05. The van der Waals surface area contributed by atoms with Crippen molar-refractivity contribution >= 4 is 51.6 Å². The number of para-hydroxylation sites is 4. The van der Waals surface area contributed by atoms with Crippen LogP contribution in [0, 0.1) is 6.57 Å². The van der Waals surface area contributed by atoms with Crippen molar-refractivity contribution in [1.29, 1.82) is 0 Å². The molecule has 0 aliphatic carbocycles. The number of benzene rings is 7. The van der Waals surface area contributed by atoms with Crippen molar-refractivity contribution in [2.75, 3.05) is 9.80 Å². The van der Waals surface area contributed by atoms with Gasteiger partial charge in [0, 0.05) is 43.3 Å². The van der Waals surface area contributed by atoms with Gasteiger partial charge in [0.25, 0.3) is 0 Å². The molecule has 10 rings (SSSR count). The molecular weight excluding hydrogens is 705 g/mol. The monoisotopic (exact) mass is 738 g/mol. The second kappa shape index (κ2) is 13.4. The molecule has 0 amide bonds. The summed E-state index contributed by atoms with van der Waals surface area (Å²) in [5.74, 6) is 1.70. The first-order valence-electron chi connectivity index (χ1n) is 18.6. The van der Waals surface area contributed by atoms with Gasteiger partial charge >= 0.3 is 0 Å². The zero-order chi connectivity index (χ0) is 37.8. The predicted molar refractivity (Wildman–Crippen MR) is 228 cm³/mol. The summed E-state index contributed by atoms with van der Waals surface area (Å²) in [5, 5.41) is 0. The van der Waals surface area contributed by atoms with Crippen molar-refractivity contribution in [2.45, 2.75) is 29.1 Å². The van der Waals surface area contributed by atoms with E-state index in [4.69, 9.17) is 21.5 Å². The van der Waals surface area contributed by atoms with Crippen LogP contribution in [-0.2, 0) is 5.41 Å². The van der Waals surface area contributed by atoms with E-state index in [-0.39, 0.29) is 5.41 Å². The fraction of sp³-hybridized carbons (Fsp3) is 0.0612. The first-order valence-corrected chi connectivity index (χ1v) is 19.4. The highest BCUT2D eigenvalue weighted by Gasteiger charge is 2.36. The van der Waals surface area contributed by atoms with Gasteiger partial charge in [0.15, 0.2) is 23.2 Å². The van der Waals surface area contributed by atoms with Gasteiger partial charge in [0.1, 0.15) is 0 Å². The van der Waals surface area contributed by atoms with Gasteiger partial charge in [-0.15, -0.1) is 0 Å². The van der Waals surface area contributed by atoms with E-state index in [1.807, 2.05) is 12.1 Å². The Morgan fingerprint density at radius 3 is 1.23 bits per heavy atom. The van der Waals surface area contributed by atoms with Crippen LogP contribution in [0.3, 0.4) is 0 Å². The molecule has 0 saturated heterocycles. The summed E-state index contributed by atoms with van der Waals surface area (Å²) in [6, 6.07) is 58.7. The minimum absolute atomic E-state index is 0.131. The van der Waals surface area contributed by atoms with Gasteiger partial charge in [-0.25, -0.2) is 19.8 Å². The summed E-state index contributed by atoms with van der Waals surface area (Å²) in [5.41, 5.74) is 12.4. The average Bonchev–Trinajstić information content (AvgIpc) is 3.26. The zero-order valence-corrected chi connectivity index (χ0v) is 31.6. The van der Waals surface area contributed by atoms with E-state index in [0.29, 0.717) is 23.2 Å². The summed E-state index contributed by atoms with van der Waals surface area (Å²) in [6.07, 6.45) is 0. The largest absolute Gasteiger partial charge is 0.310 e. The molecule has 0 unspecified atom stereocenters. The molecule has 56 heavy (non-hydrogen) atoms. The normalized spacial score (nSPS) is 13.5. The van der Waals surface area contributed by atoms with E-state index >= 15 is 0 Å². The third-order valence-electron chi connectivity index (χ3n) is 10.7. The van der Waals surface area contributed by atoms with Crippen LogP contribution >= 0.6 is 11.8 Å². The SMILES string of the molecule is [C-]#[N+]c1ccc(-c2nc(-c3ccc(N4c5ccccc5Sc5ccccc54)cc3)nc(-c3ccc(N4c5ccccc5C(C)(C)c5ccccc54)cc3)n2)cc1. The molecule has 0 radical (unpaired) electrons. The van der Waals surface area contributed by atoms with Gasteiger partial charge in [-0.3, -0.25) is 0 Å². The Morgan fingerprint density at radius 1 is 0.446 bits per heavy atom. The Morgan fingerprint density at radius 2 is 0.804 bits per heavy atom. The number of fused-ring (bicyclic) bond motifs is 4. The third-order valence-corrected chi connectivity index (χ3v) is 11.9. The molecule has 0 N–H and O–H groups in total. The predicted octanol–water partition coefficient (Wildman–Crippen LogP) is 13.5. The highest BCUT2D eigenvalue weighted by Crippen LogP contribution is 2.53. The molecule has 0 atom stereocenters. The van der Waals surface area contributed by atoms with Crippen molar-refractivity contribution in [3.05, 3.63) is 192 Å². The number of nitrogens with zero attached hydrogens (tertiary/aromatic N) is 6. The maximum absolute atomic E-state index is 7.45. The molecule has 6 nitrogen and oxygen atoms in total. The Labute approximate surface area is 330 Å². The standard InChI is InChI=1S/C49H34N6S/c1-49(2)38-12-4-6-14-40(38)54(41-15-7-5-13-39(41)49)36-28-22-33(23-29-36)47-51-46(32-20-26-35(50-3)27-21-32)52-48(53-47)34-24-30-37(31-25-34)55-42-16-8-10-18-44(42)56-45-19-11-9-17-43(45)55/h4-31H,1-2H3. The molecule has 0 spiro atoms. The smallest absolute Gasteiger partial charge is 0.187 e. The van der Waals surface area contributed by atoms with Gasteiger partial charge in [-0.2, -0.15) is 0 Å². The average molecular weight is 739 g/mol. The van der Waals surface area contributed by atoms with Crippen LogP contribution < -0.4 is 9.80 Å². The lowest BCUT2D eigenvalue weighted by Crippen LogP contribution is -2.30. The second-order valence-electron chi connectivity index (χ2n) is 14.4. The molecule has 3 heterocycles. The second-order valence-corrected chi connectivity index (χ2v) is 15.5. The lowest BCUT2D eigenvalue weighted by Gasteiger charge is -2.42. The van der Waals surface area contributed by atoms with Crippen molar-refractivity contribution < 1.29 is 0 Å². The summed E-state index contributed by atoms with van der Waals surface area (Å²) in [6.45, 7) is 12.1. The lowest BCUT2D eigenvalue weighted by molar-refractivity contribution is 0.632. The van der Waals surface area contributed by atoms with E-state index < -0.39 is 0 Å². The number of anilines is 6. The van der Waals surface area contributed by atoms with Gasteiger partial charge in [-0.05, 0) is 96.1 Å². The van der Waals surface area contributed by atoms with Crippen molar-refractivity contribution in [3.63, 3.8) is 0 Å². The fourth-order valence-electron chi connectivity index (χ4n) is 7.90. The van der Waals surface area contributed by atoms with E-state index in [0.717, 1.165) is 39.4 Å². The van der Waals surface area contributed by atoms with E-state index in [2.05, 4.69) is 174 Å². The van der Waals surface area contributed by atoms with Gasteiger partial charge in [0.2, 0.25) is 0 Å². The third kappa shape index (κ3) is 5.62. The van der Waals surface area contributed by atoms with Gasteiger partial charge < -0.3 is 9.80 Å². The summed E-state index contributed by atoms with van der Waals surface area (Å²) < 4.78 is 0. The summed E-state index contributed by atoms with van der Waals surface area (Å²) in [4.78, 5) is 25.8. The first-order chi connectivity index (χ1) is 27.5. The first kappa shape index (κ1) is 33.6. The molecule has 7 heteroatoms. The molecule has 7 aromatic carbocycles. The maximum atomic E-state index is 7.45. The van der Waals surface area contributed by atoms with Crippen LogP contribution in [0.1, 0.15) is 25.0 Å². The Kier molecular flexibility index (Phi) is 8.02. The molecule has 2 aliphatic rings. The number of hydrogen-bond acceptors (Lipinski definition) is 6. The van der Waals surface area contributed by atoms with Crippen LogP contribution in [-0.4, -0.2) is 15.0 Å².